The zero-order valence-corrected chi connectivity index (χ0v) is 21.3. The summed E-state index contributed by atoms with van der Waals surface area (Å²) in [5.74, 6) is -1.24. The highest BCUT2D eigenvalue weighted by molar-refractivity contribution is 8.13. The largest absolute Gasteiger partial charge is 0.464 e. The van der Waals surface area contributed by atoms with E-state index in [0.29, 0.717) is 11.8 Å². The molecule has 0 aromatic carbocycles. The number of hydrogen-bond donors (Lipinski definition) is 1. The minimum Gasteiger partial charge on any atom is -0.464 e. The monoisotopic (exact) mass is 592 g/mol. The van der Waals surface area contributed by atoms with Crippen molar-refractivity contribution in [1.82, 2.24) is 5.32 Å². The van der Waals surface area contributed by atoms with E-state index in [1.54, 1.807) is 0 Å². The van der Waals surface area contributed by atoms with Gasteiger partial charge in [-0.05, 0) is 24.6 Å². The molecule has 0 aliphatic heterocycles. The van der Waals surface area contributed by atoms with Crippen molar-refractivity contribution in [1.29, 1.82) is 0 Å². The predicted octanol–water partition coefficient (Wildman–Crippen LogP) is -0.0675. The van der Waals surface area contributed by atoms with Crippen LogP contribution in [0.15, 0.2) is 0 Å². The lowest BCUT2D eigenvalue weighted by Crippen LogP contribution is -2.44. The third-order valence-electron chi connectivity index (χ3n) is 3.68. The van der Waals surface area contributed by atoms with E-state index in [2.05, 4.69) is 19.8 Å². The normalized spacial score (nSPS) is 11.0. The molecule has 1 atom stereocenters. The fraction of sp³-hybridized carbons (Fsp3) is 0.824. The van der Waals surface area contributed by atoms with Crippen LogP contribution in [0.25, 0.3) is 0 Å². The summed E-state index contributed by atoms with van der Waals surface area (Å²) >= 11 is 0.527. The molecule has 0 aliphatic carbocycles. The summed E-state index contributed by atoms with van der Waals surface area (Å²) in [6.45, 7) is -1.90. The molecule has 0 rings (SSSR count). The highest BCUT2D eigenvalue weighted by atomic mass is 32.2. The summed E-state index contributed by atoms with van der Waals surface area (Å²) in [5, 5.41) is 28.6. The number of carbonyl (C=O) groups is 3. The van der Waals surface area contributed by atoms with Gasteiger partial charge in [-0.15, -0.1) is 30.3 Å². The van der Waals surface area contributed by atoms with Crippen LogP contribution in [-0.4, -0.2) is 110 Å². The molecule has 1 amide bonds. The van der Waals surface area contributed by atoms with Gasteiger partial charge in [0.2, 0.25) is 0 Å². The van der Waals surface area contributed by atoms with E-state index < -0.39 is 38.7 Å². The number of ether oxygens (including phenoxy) is 5. The van der Waals surface area contributed by atoms with Gasteiger partial charge in [-0.25, -0.2) is 14.4 Å². The van der Waals surface area contributed by atoms with Crippen LogP contribution in [0, 0.1) is 30.3 Å². The number of nitrogens with one attached hydrogen (secondary N) is 1. The maximum absolute atomic E-state index is 12.4. The second kappa shape index (κ2) is 23.2. The number of amides is 1. The Hall–Kier alpha value is -3.92. The first-order chi connectivity index (χ1) is 18.6. The van der Waals surface area contributed by atoms with Gasteiger partial charge in [-0.2, -0.15) is 0 Å². The quantitative estimate of drug-likeness (QED) is 0.0505. The van der Waals surface area contributed by atoms with Crippen molar-refractivity contribution in [2.75, 3.05) is 71.8 Å². The third kappa shape index (κ3) is 24.2. The van der Waals surface area contributed by atoms with Crippen LogP contribution >= 0.6 is 11.8 Å². The zero-order chi connectivity index (χ0) is 29.3. The summed E-state index contributed by atoms with van der Waals surface area (Å²) in [6, 6.07) is -1.35. The number of alkyl carbamates (subject to hydrolysis) is 1. The molecule has 1 unspecified atom stereocenters. The van der Waals surface area contributed by atoms with Gasteiger partial charge in [0.15, 0.2) is 0 Å². The van der Waals surface area contributed by atoms with E-state index in [0.717, 1.165) is 0 Å². The Balaban J connectivity index is 4.46. The van der Waals surface area contributed by atoms with E-state index in [-0.39, 0.29) is 84.7 Å². The number of hydrogen-bond acceptors (Lipinski definition) is 18. The van der Waals surface area contributed by atoms with Gasteiger partial charge in [0.1, 0.15) is 32.5 Å². The molecule has 0 saturated carbocycles. The first-order valence-electron chi connectivity index (χ1n) is 11.0. The first kappa shape index (κ1) is 35.1. The molecule has 224 valence electrons. The smallest absolute Gasteiger partial charge is 0.407 e. The number of esters is 1. The van der Waals surface area contributed by atoms with Crippen LogP contribution < -0.4 is 5.32 Å². The SMILES string of the molecule is O=C(NC(CSC(=O)OCCOCCO[N+](=O)[O-])C(=O)OCCCCO[N+](=O)[O-])OCCOCCO[N+](=O)[O-]. The van der Waals surface area contributed by atoms with Crippen molar-refractivity contribution in [2.24, 2.45) is 0 Å². The zero-order valence-electron chi connectivity index (χ0n) is 20.5. The van der Waals surface area contributed by atoms with Gasteiger partial charge in [0, 0.05) is 5.75 Å². The number of rotatable bonds is 24. The van der Waals surface area contributed by atoms with Crippen LogP contribution in [0.4, 0.5) is 9.59 Å². The predicted molar refractivity (Wildman–Crippen MR) is 123 cm³/mol. The molecule has 1 N–H and O–H groups in total. The summed E-state index contributed by atoms with van der Waals surface area (Å²) in [5.41, 5.74) is 0. The first-order valence-corrected chi connectivity index (χ1v) is 12.0. The van der Waals surface area contributed by atoms with Crippen molar-refractivity contribution in [3.63, 3.8) is 0 Å². The van der Waals surface area contributed by atoms with E-state index >= 15 is 0 Å². The minimum atomic E-state index is -1.35. The molecule has 0 radical (unpaired) electrons. The molecule has 0 aromatic rings. The number of unbranched alkanes of at least 4 members (excludes halogenated alkanes) is 1. The average molecular weight is 592 g/mol. The highest BCUT2D eigenvalue weighted by Gasteiger charge is 2.25. The highest BCUT2D eigenvalue weighted by Crippen LogP contribution is 2.09. The molecule has 0 spiro atoms. The number of thioether (sulfide) groups is 1. The fourth-order valence-electron chi connectivity index (χ4n) is 2.08. The Morgan fingerprint density at radius 3 is 1.69 bits per heavy atom. The van der Waals surface area contributed by atoms with Gasteiger partial charge < -0.3 is 43.5 Å². The van der Waals surface area contributed by atoms with E-state index in [9.17, 15) is 44.7 Å². The molecule has 0 saturated heterocycles. The topological polar surface area (TPSA) is 266 Å². The Labute approximate surface area is 223 Å². The molecular weight excluding hydrogens is 564 g/mol. The van der Waals surface area contributed by atoms with Gasteiger partial charge in [-0.1, -0.05) is 0 Å². The fourth-order valence-corrected chi connectivity index (χ4v) is 2.77. The average Bonchev–Trinajstić information content (AvgIpc) is 2.86. The molecule has 0 fully saturated rings. The lowest BCUT2D eigenvalue weighted by atomic mass is 10.3. The maximum atomic E-state index is 12.4. The number of carbonyl (C=O) groups excluding carboxylic acids is 3. The number of nitrogens with zero attached hydrogens (tertiary/aromatic N) is 3. The summed E-state index contributed by atoms with van der Waals surface area (Å²) in [7, 11) is 0. The van der Waals surface area contributed by atoms with E-state index in [1.165, 1.54) is 0 Å². The molecular formula is C17H28N4O17S. The van der Waals surface area contributed by atoms with Gasteiger partial charge in [0.05, 0.1) is 39.6 Å². The summed E-state index contributed by atoms with van der Waals surface area (Å²) in [6.07, 6.45) is -0.626. The second-order valence-electron chi connectivity index (χ2n) is 6.51. The second-order valence-corrected chi connectivity index (χ2v) is 7.47. The van der Waals surface area contributed by atoms with Gasteiger partial charge in [0.25, 0.3) is 15.3 Å². The van der Waals surface area contributed by atoms with Crippen molar-refractivity contribution >= 4 is 29.1 Å². The Kier molecular flexibility index (Phi) is 20.9. The third-order valence-corrected chi connectivity index (χ3v) is 4.53. The molecule has 39 heavy (non-hydrogen) atoms. The lowest BCUT2D eigenvalue weighted by molar-refractivity contribution is -0.758. The van der Waals surface area contributed by atoms with Crippen molar-refractivity contribution in [3.8, 4) is 0 Å². The Bertz CT molecular complexity index is 773. The van der Waals surface area contributed by atoms with Crippen LogP contribution in [-0.2, 0) is 43.0 Å². The van der Waals surface area contributed by atoms with Crippen LogP contribution in [0.5, 0.6) is 0 Å². The molecule has 21 nitrogen and oxygen atoms in total. The summed E-state index contributed by atoms with van der Waals surface area (Å²) < 4.78 is 24.6. The lowest BCUT2D eigenvalue weighted by Gasteiger charge is -2.17. The molecule has 0 aromatic heterocycles. The Morgan fingerprint density at radius 1 is 0.641 bits per heavy atom. The molecule has 0 bridgehead atoms. The minimum absolute atomic E-state index is 0.0796. The standard InChI is InChI=1S/C17H28N4O17S/c22-15(33-3-1-2-4-36-19(25)26)14(18-16(23)34-9-5-31-7-11-37-20(27)28)13-39-17(24)35-10-6-32-8-12-38-21(29)30/h14H,1-13H2,(H,18,23). The summed E-state index contributed by atoms with van der Waals surface area (Å²) in [4.78, 5) is 78.6. The van der Waals surface area contributed by atoms with E-state index in [1.807, 2.05) is 0 Å². The van der Waals surface area contributed by atoms with Crippen LogP contribution in [0.1, 0.15) is 12.8 Å². The van der Waals surface area contributed by atoms with Crippen LogP contribution in [0.2, 0.25) is 0 Å². The molecule has 0 heterocycles. The molecule has 0 aliphatic rings. The van der Waals surface area contributed by atoms with Crippen LogP contribution in [0.3, 0.4) is 0 Å². The molecule has 22 heteroatoms. The van der Waals surface area contributed by atoms with Gasteiger partial charge in [-0.3, -0.25) is 0 Å². The maximum Gasteiger partial charge on any atom is 0.407 e. The van der Waals surface area contributed by atoms with Gasteiger partial charge >= 0.3 is 17.4 Å². The van der Waals surface area contributed by atoms with E-state index in [4.69, 9.17) is 23.7 Å². The van der Waals surface area contributed by atoms with Crippen molar-refractivity contribution in [2.45, 2.75) is 18.9 Å². The van der Waals surface area contributed by atoms with Crippen molar-refractivity contribution < 1.29 is 67.8 Å². The Morgan fingerprint density at radius 2 is 1.13 bits per heavy atom. The van der Waals surface area contributed by atoms with Crippen molar-refractivity contribution in [3.05, 3.63) is 30.3 Å².